The van der Waals surface area contributed by atoms with Gasteiger partial charge in [0.05, 0.1) is 10.9 Å². The van der Waals surface area contributed by atoms with Crippen LogP contribution in [0.4, 0.5) is 0 Å². The highest BCUT2D eigenvalue weighted by Gasteiger charge is 2.09. The fraction of sp³-hybridized carbons (Fsp3) is 0. The van der Waals surface area contributed by atoms with Gasteiger partial charge in [-0.15, -0.1) is 0 Å². The van der Waals surface area contributed by atoms with Crippen molar-refractivity contribution in [2.75, 3.05) is 0 Å². The van der Waals surface area contributed by atoms with Crippen LogP contribution in [0.2, 0.25) is 0 Å². The van der Waals surface area contributed by atoms with Crippen LogP contribution in [0.3, 0.4) is 0 Å². The van der Waals surface area contributed by atoms with Crippen LogP contribution in [-0.2, 0) is 0 Å². The quantitative estimate of drug-likeness (QED) is 0.476. The monoisotopic (exact) mass is 377 g/mol. The van der Waals surface area contributed by atoms with E-state index in [0.29, 0.717) is 16.8 Å². The first kappa shape index (κ1) is 14.8. The van der Waals surface area contributed by atoms with Crippen LogP contribution >= 0.6 is 15.9 Å². The zero-order valence-corrected chi connectivity index (χ0v) is 14.2. The van der Waals surface area contributed by atoms with Crippen molar-refractivity contribution in [2.45, 2.75) is 0 Å². The third kappa shape index (κ3) is 2.76. The topological polar surface area (TPSA) is 43.1 Å². The highest BCUT2D eigenvalue weighted by molar-refractivity contribution is 9.10. The lowest BCUT2D eigenvalue weighted by atomic mass is 10.0. The minimum atomic E-state index is -0.386. The highest BCUT2D eigenvalue weighted by atomic mass is 79.9. The summed E-state index contributed by atoms with van der Waals surface area (Å²) in [6, 6.07) is 23.3. The molecule has 0 fully saturated rings. The second-order valence-electron chi connectivity index (χ2n) is 5.41. The number of hydrogen-bond acceptors (Lipinski definition) is 3. The molecule has 1 heterocycles. The summed E-state index contributed by atoms with van der Waals surface area (Å²) in [7, 11) is 0. The Morgan fingerprint density at radius 1 is 0.792 bits per heavy atom. The Hall–Kier alpha value is -2.72. The molecular weight excluding hydrogens is 366 g/mol. The molecule has 4 aromatic rings. The van der Waals surface area contributed by atoms with E-state index in [-0.39, 0.29) is 5.63 Å². The number of halogens is 1. The third-order valence-electron chi connectivity index (χ3n) is 3.83. The molecule has 0 saturated carbocycles. The number of nitrogens with zero attached hydrogens (tertiary/aromatic N) is 1. The van der Waals surface area contributed by atoms with E-state index in [1.807, 2.05) is 48.5 Å². The molecule has 0 aliphatic heterocycles. The van der Waals surface area contributed by atoms with Gasteiger partial charge in [0.25, 0.3) is 0 Å². The standard InChI is InChI=1S/C20H12BrNO2/c21-16-10-11-18-17(12-16)20(23)24-19(22-18)15-8-6-14(7-9-15)13-4-2-1-3-5-13/h1-12H. The van der Waals surface area contributed by atoms with Crippen molar-refractivity contribution < 1.29 is 4.42 Å². The Bertz CT molecular complexity index is 1070. The minimum absolute atomic E-state index is 0.328. The second kappa shape index (κ2) is 6.06. The molecule has 0 aliphatic carbocycles. The van der Waals surface area contributed by atoms with E-state index in [0.717, 1.165) is 21.2 Å². The molecule has 0 unspecified atom stereocenters. The summed E-state index contributed by atoms with van der Waals surface area (Å²) in [6.07, 6.45) is 0. The maximum Gasteiger partial charge on any atom is 0.347 e. The molecule has 0 amide bonds. The Morgan fingerprint density at radius 2 is 1.46 bits per heavy atom. The first-order valence-electron chi connectivity index (χ1n) is 7.47. The lowest BCUT2D eigenvalue weighted by Crippen LogP contribution is -2.02. The molecule has 116 valence electrons. The van der Waals surface area contributed by atoms with Crippen molar-refractivity contribution in [2.24, 2.45) is 0 Å². The van der Waals surface area contributed by atoms with Gasteiger partial charge in [-0.3, -0.25) is 0 Å². The summed E-state index contributed by atoms with van der Waals surface area (Å²) < 4.78 is 6.21. The lowest BCUT2D eigenvalue weighted by molar-refractivity contribution is 0.518. The third-order valence-corrected chi connectivity index (χ3v) is 4.32. The van der Waals surface area contributed by atoms with Crippen molar-refractivity contribution >= 4 is 26.8 Å². The zero-order chi connectivity index (χ0) is 16.5. The Labute approximate surface area is 146 Å². The van der Waals surface area contributed by atoms with Crippen LogP contribution in [-0.4, -0.2) is 4.98 Å². The van der Waals surface area contributed by atoms with Crippen molar-refractivity contribution in [3.8, 4) is 22.6 Å². The number of hydrogen-bond donors (Lipinski definition) is 0. The number of fused-ring (bicyclic) bond motifs is 1. The fourth-order valence-electron chi connectivity index (χ4n) is 2.60. The summed E-state index contributed by atoms with van der Waals surface area (Å²) in [4.78, 5) is 16.6. The van der Waals surface area contributed by atoms with Crippen LogP contribution in [0.5, 0.6) is 0 Å². The van der Waals surface area contributed by atoms with Gasteiger partial charge in [-0.2, -0.15) is 0 Å². The SMILES string of the molecule is O=c1oc(-c2ccc(-c3ccccc3)cc2)nc2ccc(Br)cc12. The van der Waals surface area contributed by atoms with E-state index in [9.17, 15) is 4.79 Å². The second-order valence-corrected chi connectivity index (χ2v) is 6.33. The van der Waals surface area contributed by atoms with Crippen LogP contribution in [0.1, 0.15) is 0 Å². The summed E-state index contributed by atoms with van der Waals surface area (Å²) in [5.74, 6) is 0.328. The van der Waals surface area contributed by atoms with E-state index in [4.69, 9.17) is 4.42 Å². The van der Waals surface area contributed by atoms with Crippen molar-refractivity contribution in [3.63, 3.8) is 0 Å². The molecule has 0 atom stereocenters. The predicted octanol–water partition coefficient (Wildman–Crippen LogP) is 5.28. The van der Waals surface area contributed by atoms with Crippen LogP contribution in [0.25, 0.3) is 33.5 Å². The van der Waals surface area contributed by atoms with Gasteiger partial charge < -0.3 is 4.42 Å². The van der Waals surface area contributed by atoms with Crippen molar-refractivity contribution in [3.05, 3.63) is 87.7 Å². The Balaban J connectivity index is 1.78. The molecule has 0 aliphatic rings. The van der Waals surface area contributed by atoms with Gasteiger partial charge in [0, 0.05) is 10.0 Å². The summed E-state index contributed by atoms with van der Waals surface area (Å²) in [5, 5.41) is 0.467. The highest BCUT2D eigenvalue weighted by Crippen LogP contribution is 2.24. The molecule has 0 N–H and O–H groups in total. The van der Waals surface area contributed by atoms with Crippen LogP contribution in [0.15, 0.2) is 86.5 Å². The average molecular weight is 378 g/mol. The molecule has 1 aromatic heterocycles. The molecule has 0 spiro atoms. The molecule has 24 heavy (non-hydrogen) atoms. The van der Waals surface area contributed by atoms with Crippen LogP contribution < -0.4 is 5.63 Å². The first-order valence-corrected chi connectivity index (χ1v) is 8.26. The molecule has 3 nitrogen and oxygen atoms in total. The summed E-state index contributed by atoms with van der Waals surface area (Å²) >= 11 is 3.35. The largest absolute Gasteiger partial charge is 0.403 e. The van der Waals surface area contributed by atoms with E-state index >= 15 is 0 Å². The van der Waals surface area contributed by atoms with E-state index in [1.165, 1.54) is 0 Å². The molecular formula is C20H12BrNO2. The Kier molecular flexibility index (Phi) is 3.75. The summed E-state index contributed by atoms with van der Waals surface area (Å²) in [6.45, 7) is 0. The maximum atomic E-state index is 12.2. The molecule has 3 aromatic carbocycles. The molecule has 4 rings (SSSR count). The van der Waals surface area contributed by atoms with E-state index < -0.39 is 0 Å². The molecule has 0 saturated heterocycles. The van der Waals surface area contributed by atoms with Gasteiger partial charge in [-0.05, 0) is 41.5 Å². The summed E-state index contributed by atoms with van der Waals surface area (Å²) in [5.41, 5.74) is 3.25. The van der Waals surface area contributed by atoms with Gasteiger partial charge in [0.15, 0.2) is 0 Å². The van der Waals surface area contributed by atoms with Crippen molar-refractivity contribution in [1.29, 1.82) is 0 Å². The van der Waals surface area contributed by atoms with Crippen molar-refractivity contribution in [1.82, 2.24) is 4.98 Å². The average Bonchev–Trinajstić information content (AvgIpc) is 2.63. The van der Waals surface area contributed by atoms with E-state index in [1.54, 1.807) is 12.1 Å². The van der Waals surface area contributed by atoms with E-state index in [2.05, 4.69) is 33.0 Å². The van der Waals surface area contributed by atoms with Crippen LogP contribution in [0, 0.1) is 0 Å². The van der Waals surface area contributed by atoms with Gasteiger partial charge in [-0.25, -0.2) is 9.78 Å². The Morgan fingerprint density at radius 3 is 2.21 bits per heavy atom. The normalized spacial score (nSPS) is 10.9. The van der Waals surface area contributed by atoms with Gasteiger partial charge in [-0.1, -0.05) is 58.4 Å². The minimum Gasteiger partial charge on any atom is -0.403 e. The lowest BCUT2D eigenvalue weighted by Gasteiger charge is -2.04. The molecule has 0 bridgehead atoms. The zero-order valence-electron chi connectivity index (χ0n) is 12.6. The maximum absolute atomic E-state index is 12.2. The molecule has 4 heteroatoms. The predicted molar refractivity (Wildman–Crippen MR) is 98.9 cm³/mol. The number of aromatic nitrogens is 1. The number of benzene rings is 3. The van der Waals surface area contributed by atoms with Gasteiger partial charge in [0.2, 0.25) is 5.89 Å². The fourth-order valence-corrected chi connectivity index (χ4v) is 2.96. The smallest absolute Gasteiger partial charge is 0.347 e. The number of rotatable bonds is 2. The first-order chi connectivity index (χ1) is 11.7. The molecule has 0 radical (unpaired) electrons. The van der Waals surface area contributed by atoms with Gasteiger partial charge in [0.1, 0.15) is 0 Å². The van der Waals surface area contributed by atoms with Gasteiger partial charge >= 0.3 is 5.63 Å².